The van der Waals surface area contributed by atoms with E-state index in [-0.39, 0.29) is 5.91 Å². The Hall–Kier alpha value is -1.14. The fourth-order valence-electron chi connectivity index (χ4n) is 2.54. The number of carboxylic acids is 1. The van der Waals surface area contributed by atoms with E-state index in [0.29, 0.717) is 12.8 Å². The number of hydrogen-bond acceptors (Lipinski definition) is 4. The average molecular weight is 354 g/mol. The maximum Gasteiger partial charge on any atom is 0.326 e. The van der Waals surface area contributed by atoms with Gasteiger partial charge in [0.1, 0.15) is 6.04 Å². The minimum absolute atomic E-state index is 0.165. The number of unbranched alkanes of at least 4 members (excludes halogenated alkanes) is 1. The van der Waals surface area contributed by atoms with Gasteiger partial charge in [-0.2, -0.15) is 0 Å². The zero-order valence-electron chi connectivity index (χ0n) is 13.1. The standard InChI is InChI=1S/C17H23NO3S2/c19-16(9-5-4-8-14-10-11-22-23-14)18-15(17(20)21)12-13-6-2-1-3-7-13/h1-3,6-7,14-15H,4-5,8-12H2,(H,18,19)(H,20,21). The van der Waals surface area contributed by atoms with E-state index in [9.17, 15) is 14.7 Å². The van der Waals surface area contributed by atoms with Crippen molar-refractivity contribution in [3.8, 4) is 0 Å². The van der Waals surface area contributed by atoms with Crippen LogP contribution in [0.25, 0.3) is 0 Å². The predicted molar refractivity (Wildman–Crippen MR) is 96.6 cm³/mol. The maximum absolute atomic E-state index is 12.0. The zero-order valence-corrected chi connectivity index (χ0v) is 14.7. The van der Waals surface area contributed by atoms with Gasteiger partial charge in [0.2, 0.25) is 5.91 Å². The lowest BCUT2D eigenvalue weighted by Crippen LogP contribution is -2.42. The molecule has 1 heterocycles. The highest BCUT2D eigenvalue weighted by Crippen LogP contribution is 2.39. The molecule has 126 valence electrons. The van der Waals surface area contributed by atoms with Crippen LogP contribution in [-0.4, -0.2) is 34.0 Å². The normalized spacial score (nSPS) is 18.5. The number of aliphatic carboxylic acids is 1. The first-order valence-electron chi connectivity index (χ1n) is 7.99. The third kappa shape index (κ3) is 6.87. The summed E-state index contributed by atoms with van der Waals surface area (Å²) in [6, 6.07) is 8.52. The van der Waals surface area contributed by atoms with Crippen LogP contribution in [0.2, 0.25) is 0 Å². The lowest BCUT2D eigenvalue weighted by molar-refractivity contribution is -0.141. The summed E-state index contributed by atoms with van der Waals surface area (Å²) in [6.45, 7) is 0. The Bertz CT molecular complexity index is 504. The maximum atomic E-state index is 12.0. The molecule has 2 rings (SSSR count). The lowest BCUT2D eigenvalue weighted by atomic mass is 10.1. The van der Waals surface area contributed by atoms with Gasteiger partial charge in [-0.15, -0.1) is 0 Å². The number of nitrogens with one attached hydrogen (secondary N) is 1. The molecule has 1 aliphatic heterocycles. The Morgan fingerprint density at radius 1 is 1.26 bits per heavy atom. The van der Waals surface area contributed by atoms with Gasteiger partial charge >= 0.3 is 5.97 Å². The summed E-state index contributed by atoms with van der Waals surface area (Å²) in [6.07, 6.45) is 4.99. The summed E-state index contributed by atoms with van der Waals surface area (Å²) in [5.74, 6) is 0.0821. The van der Waals surface area contributed by atoms with Gasteiger partial charge < -0.3 is 10.4 Å². The second kappa shape index (κ2) is 9.88. The summed E-state index contributed by atoms with van der Waals surface area (Å²) in [7, 11) is 3.89. The van der Waals surface area contributed by atoms with Crippen molar-refractivity contribution in [2.75, 3.05) is 5.75 Å². The molecule has 2 N–H and O–H groups in total. The van der Waals surface area contributed by atoms with Gasteiger partial charge in [0.05, 0.1) is 0 Å². The summed E-state index contributed by atoms with van der Waals surface area (Å²) in [5, 5.41) is 12.7. The minimum atomic E-state index is -0.985. The molecule has 2 unspecified atom stereocenters. The molecular formula is C17H23NO3S2. The first kappa shape index (κ1) is 18.2. The molecule has 0 aliphatic carbocycles. The van der Waals surface area contributed by atoms with Gasteiger partial charge in [-0.05, 0) is 24.8 Å². The van der Waals surface area contributed by atoms with Crippen molar-refractivity contribution in [3.05, 3.63) is 35.9 Å². The molecule has 4 nitrogen and oxygen atoms in total. The van der Waals surface area contributed by atoms with E-state index < -0.39 is 12.0 Å². The van der Waals surface area contributed by atoms with E-state index >= 15 is 0 Å². The first-order valence-corrected chi connectivity index (χ1v) is 10.4. The molecule has 1 fully saturated rings. The van der Waals surface area contributed by atoms with Crippen LogP contribution < -0.4 is 5.32 Å². The highest BCUT2D eigenvalue weighted by Gasteiger charge is 2.20. The fourth-order valence-corrected chi connectivity index (χ4v) is 5.57. The summed E-state index contributed by atoms with van der Waals surface area (Å²) in [4.78, 5) is 23.3. The Balaban J connectivity index is 1.69. The van der Waals surface area contributed by atoms with Crippen LogP contribution in [-0.2, 0) is 16.0 Å². The van der Waals surface area contributed by atoms with Crippen molar-refractivity contribution in [1.29, 1.82) is 0 Å². The van der Waals surface area contributed by atoms with Crippen LogP contribution in [0.1, 0.15) is 37.7 Å². The van der Waals surface area contributed by atoms with Crippen LogP contribution in [0, 0.1) is 0 Å². The Labute approximate surface area is 145 Å². The molecule has 0 radical (unpaired) electrons. The monoisotopic (exact) mass is 353 g/mol. The van der Waals surface area contributed by atoms with Gasteiger partial charge in [0.25, 0.3) is 0 Å². The SMILES string of the molecule is O=C(CCCCC1CCSS1)NC(Cc1ccccc1)C(=O)O. The molecule has 23 heavy (non-hydrogen) atoms. The van der Waals surface area contributed by atoms with Crippen LogP contribution in [0.3, 0.4) is 0 Å². The van der Waals surface area contributed by atoms with Gasteiger partial charge in [0, 0.05) is 23.8 Å². The first-order chi connectivity index (χ1) is 11.1. The van der Waals surface area contributed by atoms with Crippen LogP contribution in [0.5, 0.6) is 0 Å². The molecule has 1 amide bonds. The number of carboxylic acid groups (broad SMARTS) is 1. The van der Waals surface area contributed by atoms with E-state index in [4.69, 9.17) is 0 Å². The van der Waals surface area contributed by atoms with Crippen LogP contribution >= 0.6 is 21.6 Å². The highest BCUT2D eigenvalue weighted by atomic mass is 33.1. The van der Waals surface area contributed by atoms with Gasteiger partial charge in [-0.1, -0.05) is 58.3 Å². The molecule has 0 aromatic heterocycles. The molecule has 1 aromatic rings. The number of hydrogen-bond donors (Lipinski definition) is 2. The van der Waals surface area contributed by atoms with Gasteiger partial charge in [0.15, 0.2) is 0 Å². The third-order valence-electron chi connectivity index (χ3n) is 3.82. The Morgan fingerprint density at radius 3 is 2.70 bits per heavy atom. The number of amides is 1. The third-order valence-corrected chi connectivity index (χ3v) is 6.83. The number of carbonyl (C=O) groups is 2. The van der Waals surface area contributed by atoms with E-state index in [1.54, 1.807) is 0 Å². The molecule has 0 saturated carbocycles. The minimum Gasteiger partial charge on any atom is -0.480 e. The van der Waals surface area contributed by atoms with Crippen molar-refractivity contribution in [1.82, 2.24) is 5.32 Å². The number of benzene rings is 1. The van der Waals surface area contributed by atoms with E-state index in [1.807, 2.05) is 51.9 Å². The van der Waals surface area contributed by atoms with Crippen LogP contribution in [0.4, 0.5) is 0 Å². The second-order valence-electron chi connectivity index (χ2n) is 5.72. The molecule has 2 atom stereocenters. The molecular weight excluding hydrogens is 330 g/mol. The van der Waals surface area contributed by atoms with Crippen molar-refractivity contribution >= 4 is 33.5 Å². The van der Waals surface area contributed by atoms with Crippen molar-refractivity contribution in [3.63, 3.8) is 0 Å². The van der Waals surface area contributed by atoms with Gasteiger partial charge in [-0.3, -0.25) is 4.79 Å². The smallest absolute Gasteiger partial charge is 0.326 e. The van der Waals surface area contributed by atoms with Crippen molar-refractivity contribution in [2.24, 2.45) is 0 Å². The molecule has 1 saturated heterocycles. The summed E-state index contributed by atoms with van der Waals surface area (Å²) in [5.41, 5.74) is 0.913. The Kier molecular flexibility index (Phi) is 7.82. The molecule has 6 heteroatoms. The fraction of sp³-hybridized carbons (Fsp3) is 0.529. The number of carbonyl (C=O) groups excluding carboxylic acids is 1. The van der Waals surface area contributed by atoms with Crippen LogP contribution in [0.15, 0.2) is 30.3 Å². The molecule has 1 aromatic carbocycles. The second-order valence-corrected chi connectivity index (χ2v) is 8.51. The van der Waals surface area contributed by atoms with Crippen molar-refractivity contribution in [2.45, 2.75) is 49.8 Å². The van der Waals surface area contributed by atoms with E-state index in [1.165, 1.54) is 12.2 Å². The summed E-state index contributed by atoms with van der Waals surface area (Å²) >= 11 is 0. The average Bonchev–Trinajstić information content (AvgIpc) is 3.05. The summed E-state index contributed by atoms with van der Waals surface area (Å²) < 4.78 is 0. The Morgan fingerprint density at radius 2 is 2.04 bits per heavy atom. The van der Waals surface area contributed by atoms with Crippen molar-refractivity contribution < 1.29 is 14.7 Å². The predicted octanol–water partition coefficient (Wildman–Crippen LogP) is 3.51. The highest BCUT2D eigenvalue weighted by molar-refractivity contribution is 8.77. The molecule has 1 aliphatic rings. The lowest BCUT2D eigenvalue weighted by Gasteiger charge is -2.15. The largest absolute Gasteiger partial charge is 0.480 e. The number of rotatable bonds is 9. The quantitative estimate of drug-likeness (QED) is 0.525. The molecule has 0 bridgehead atoms. The topological polar surface area (TPSA) is 66.4 Å². The van der Waals surface area contributed by atoms with Gasteiger partial charge in [-0.25, -0.2) is 4.79 Å². The van der Waals surface area contributed by atoms with E-state index in [0.717, 1.165) is 30.1 Å². The molecule has 0 spiro atoms. The van der Waals surface area contributed by atoms with E-state index in [2.05, 4.69) is 5.32 Å². The zero-order chi connectivity index (χ0) is 16.5.